The molecule has 10 nitrogen and oxygen atoms in total. The SMILES string of the molecule is O=C(/C=C/c1ccc(NCc2cc3nc(-c4cccc5[nH]ncc45)nc(N4CCOCC4)c3s2)cc1)NO. The standard InChI is InChI=1S/C27H25N7O3S/c35-24(33-36)9-6-17-4-7-18(8-5-17)28-15-19-14-23-25(38-19)27(34-10-12-37-13-11-34)31-26(30-23)20-2-1-3-22-21(20)16-29-32-22/h1-9,14,16,28,36H,10-13,15H2,(H,29,32)(H,33,35)/b9-6+. The summed E-state index contributed by atoms with van der Waals surface area (Å²) in [7, 11) is 0. The van der Waals surface area contributed by atoms with Crippen molar-refractivity contribution >= 4 is 55.9 Å². The minimum atomic E-state index is -0.568. The minimum Gasteiger partial charge on any atom is -0.380 e. The van der Waals surface area contributed by atoms with Gasteiger partial charge in [-0.05, 0) is 35.9 Å². The summed E-state index contributed by atoms with van der Waals surface area (Å²) in [6.45, 7) is 3.56. The number of ether oxygens (including phenoxy) is 1. The van der Waals surface area contributed by atoms with Crippen molar-refractivity contribution in [2.45, 2.75) is 6.54 Å². The van der Waals surface area contributed by atoms with Gasteiger partial charge in [0.1, 0.15) is 0 Å². The van der Waals surface area contributed by atoms with Crippen LogP contribution in [-0.4, -0.2) is 57.6 Å². The van der Waals surface area contributed by atoms with Gasteiger partial charge >= 0.3 is 0 Å². The second-order valence-electron chi connectivity index (χ2n) is 8.82. The third kappa shape index (κ3) is 4.94. The average Bonchev–Trinajstić information content (AvgIpc) is 3.62. The highest BCUT2D eigenvalue weighted by atomic mass is 32.1. The monoisotopic (exact) mass is 527 g/mol. The molecule has 0 radical (unpaired) electrons. The molecule has 1 aliphatic heterocycles. The Kier molecular flexibility index (Phi) is 6.69. The highest BCUT2D eigenvalue weighted by Crippen LogP contribution is 2.36. The molecule has 0 spiro atoms. The van der Waals surface area contributed by atoms with Crippen LogP contribution in [-0.2, 0) is 16.1 Å². The van der Waals surface area contributed by atoms with Gasteiger partial charge in [0.2, 0.25) is 0 Å². The lowest BCUT2D eigenvalue weighted by atomic mass is 10.1. The molecule has 0 atom stereocenters. The Labute approximate surface area is 221 Å². The molecule has 38 heavy (non-hydrogen) atoms. The number of amides is 1. The second-order valence-corrected chi connectivity index (χ2v) is 9.96. The number of fused-ring (bicyclic) bond motifs is 2. The van der Waals surface area contributed by atoms with E-state index in [9.17, 15) is 4.79 Å². The number of anilines is 2. The zero-order valence-corrected chi connectivity index (χ0v) is 21.2. The zero-order chi connectivity index (χ0) is 25.9. The van der Waals surface area contributed by atoms with Gasteiger partial charge in [-0.2, -0.15) is 5.10 Å². The number of nitrogens with zero attached hydrogens (tertiary/aromatic N) is 4. The molecule has 2 aromatic carbocycles. The summed E-state index contributed by atoms with van der Waals surface area (Å²) in [5.41, 5.74) is 6.21. The topological polar surface area (TPSA) is 128 Å². The van der Waals surface area contributed by atoms with Crippen molar-refractivity contribution in [1.82, 2.24) is 25.6 Å². The van der Waals surface area contributed by atoms with E-state index >= 15 is 0 Å². The fourth-order valence-electron chi connectivity index (χ4n) is 4.43. The molecule has 1 fully saturated rings. The third-order valence-corrected chi connectivity index (χ3v) is 7.48. The molecule has 5 aromatic rings. The minimum absolute atomic E-state index is 0.568. The van der Waals surface area contributed by atoms with E-state index in [0.717, 1.165) is 61.7 Å². The smallest absolute Gasteiger partial charge is 0.267 e. The fraction of sp³-hybridized carbons (Fsp3) is 0.185. The van der Waals surface area contributed by atoms with Crippen LogP contribution in [0.5, 0.6) is 0 Å². The first-order valence-corrected chi connectivity index (χ1v) is 13.0. The zero-order valence-electron chi connectivity index (χ0n) is 20.3. The lowest BCUT2D eigenvalue weighted by Gasteiger charge is -2.28. The quantitative estimate of drug-likeness (QED) is 0.141. The number of carbonyl (C=O) groups excluding carboxylic acids is 1. The normalized spacial score (nSPS) is 14.0. The van der Waals surface area contributed by atoms with Gasteiger partial charge in [0, 0.05) is 47.2 Å². The molecule has 0 unspecified atom stereocenters. The van der Waals surface area contributed by atoms with E-state index in [1.165, 1.54) is 6.08 Å². The van der Waals surface area contributed by atoms with Gasteiger partial charge in [-0.3, -0.25) is 15.1 Å². The van der Waals surface area contributed by atoms with Gasteiger partial charge in [0.15, 0.2) is 11.6 Å². The van der Waals surface area contributed by atoms with Crippen LogP contribution >= 0.6 is 11.3 Å². The number of hydrogen-bond acceptors (Lipinski definition) is 9. The molecule has 3 aromatic heterocycles. The molecule has 1 saturated heterocycles. The Morgan fingerprint density at radius 1 is 1.16 bits per heavy atom. The molecule has 192 valence electrons. The molecule has 4 heterocycles. The predicted octanol–water partition coefficient (Wildman–Crippen LogP) is 4.20. The fourth-order valence-corrected chi connectivity index (χ4v) is 5.49. The lowest BCUT2D eigenvalue weighted by molar-refractivity contribution is -0.124. The van der Waals surface area contributed by atoms with Gasteiger partial charge in [-0.25, -0.2) is 15.4 Å². The molecule has 0 aliphatic carbocycles. The van der Waals surface area contributed by atoms with Crippen molar-refractivity contribution in [3.05, 3.63) is 71.2 Å². The summed E-state index contributed by atoms with van der Waals surface area (Å²) >= 11 is 1.70. The Hall–Kier alpha value is -4.32. The Morgan fingerprint density at radius 3 is 2.82 bits per heavy atom. The van der Waals surface area contributed by atoms with Crippen LogP contribution in [0.4, 0.5) is 11.5 Å². The average molecular weight is 528 g/mol. The first-order valence-electron chi connectivity index (χ1n) is 12.2. The second kappa shape index (κ2) is 10.6. The third-order valence-electron chi connectivity index (χ3n) is 6.36. The number of aromatic nitrogens is 4. The van der Waals surface area contributed by atoms with E-state index in [1.807, 2.05) is 48.7 Å². The number of aromatic amines is 1. The molecular formula is C27H25N7O3S. The van der Waals surface area contributed by atoms with E-state index in [0.29, 0.717) is 25.6 Å². The van der Waals surface area contributed by atoms with Crippen LogP contribution in [0.15, 0.2) is 60.8 Å². The van der Waals surface area contributed by atoms with E-state index in [-0.39, 0.29) is 0 Å². The van der Waals surface area contributed by atoms with E-state index in [1.54, 1.807) is 22.9 Å². The van der Waals surface area contributed by atoms with Crippen molar-refractivity contribution in [3.63, 3.8) is 0 Å². The van der Waals surface area contributed by atoms with E-state index in [4.69, 9.17) is 19.9 Å². The summed E-state index contributed by atoms with van der Waals surface area (Å²) < 4.78 is 6.65. The maximum Gasteiger partial charge on any atom is 0.267 e. The van der Waals surface area contributed by atoms with Crippen LogP contribution in [0.2, 0.25) is 0 Å². The van der Waals surface area contributed by atoms with Crippen molar-refractivity contribution in [1.29, 1.82) is 0 Å². The lowest BCUT2D eigenvalue weighted by Crippen LogP contribution is -2.36. The van der Waals surface area contributed by atoms with Crippen LogP contribution in [0.1, 0.15) is 10.4 Å². The Bertz CT molecular complexity index is 1620. The van der Waals surface area contributed by atoms with Gasteiger partial charge < -0.3 is 15.0 Å². The van der Waals surface area contributed by atoms with Crippen molar-refractivity contribution < 1.29 is 14.7 Å². The number of nitrogens with one attached hydrogen (secondary N) is 3. The maximum absolute atomic E-state index is 11.2. The van der Waals surface area contributed by atoms with Crippen LogP contribution < -0.4 is 15.7 Å². The van der Waals surface area contributed by atoms with Gasteiger partial charge in [0.05, 0.1) is 35.1 Å². The number of rotatable bonds is 7. The maximum atomic E-state index is 11.2. The number of carbonyl (C=O) groups is 1. The number of morpholine rings is 1. The molecular weight excluding hydrogens is 502 g/mol. The van der Waals surface area contributed by atoms with Gasteiger partial charge in [-0.15, -0.1) is 11.3 Å². The number of hydrogen-bond donors (Lipinski definition) is 4. The number of H-pyrrole nitrogens is 1. The molecule has 1 amide bonds. The summed E-state index contributed by atoms with van der Waals surface area (Å²) in [4.78, 5) is 24.6. The largest absolute Gasteiger partial charge is 0.380 e. The van der Waals surface area contributed by atoms with Gasteiger partial charge in [-0.1, -0.05) is 24.3 Å². The highest BCUT2D eigenvalue weighted by molar-refractivity contribution is 7.19. The number of benzene rings is 2. The number of thiophene rings is 1. The van der Waals surface area contributed by atoms with Crippen LogP contribution in [0.25, 0.3) is 38.6 Å². The summed E-state index contributed by atoms with van der Waals surface area (Å²) in [5, 5.41) is 20.3. The highest BCUT2D eigenvalue weighted by Gasteiger charge is 2.21. The van der Waals surface area contributed by atoms with Crippen LogP contribution in [0.3, 0.4) is 0 Å². The van der Waals surface area contributed by atoms with Crippen molar-refractivity contribution in [2.24, 2.45) is 0 Å². The molecule has 4 N–H and O–H groups in total. The van der Waals surface area contributed by atoms with Crippen molar-refractivity contribution in [2.75, 3.05) is 36.5 Å². The summed E-state index contributed by atoms with van der Waals surface area (Å²) in [6, 6.07) is 15.9. The van der Waals surface area contributed by atoms with E-state index in [2.05, 4.69) is 26.5 Å². The first kappa shape index (κ1) is 24.0. The van der Waals surface area contributed by atoms with Crippen LogP contribution in [0, 0.1) is 0 Å². The summed E-state index contributed by atoms with van der Waals surface area (Å²) in [5.74, 6) is 1.05. The Balaban J connectivity index is 1.29. The summed E-state index contributed by atoms with van der Waals surface area (Å²) in [6.07, 6.45) is 4.72. The predicted molar refractivity (Wildman–Crippen MR) is 148 cm³/mol. The van der Waals surface area contributed by atoms with Gasteiger partial charge in [0.25, 0.3) is 5.91 Å². The molecule has 1 aliphatic rings. The molecule has 0 saturated carbocycles. The molecule has 0 bridgehead atoms. The number of hydroxylamine groups is 1. The first-order chi connectivity index (χ1) is 18.7. The molecule has 11 heteroatoms. The van der Waals surface area contributed by atoms with Crippen molar-refractivity contribution in [3.8, 4) is 11.4 Å². The van der Waals surface area contributed by atoms with E-state index < -0.39 is 5.91 Å². The molecule has 6 rings (SSSR count). The Morgan fingerprint density at radius 2 is 2.00 bits per heavy atom.